The summed E-state index contributed by atoms with van der Waals surface area (Å²) in [7, 11) is 0. The summed E-state index contributed by atoms with van der Waals surface area (Å²) < 4.78 is 0. The molecule has 0 heterocycles. The molecule has 1 aliphatic rings. The molecule has 0 atom stereocenters. The number of benzene rings is 1. The number of aryl methyl sites for hydroxylation is 1. The highest BCUT2D eigenvalue weighted by Gasteiger charge is 2.39. The second-order valence-corrected chi connectivity index (χ2v) is 6.27. The molecule has 1 aliphatic carbocycles. The summed E-state index contributed by atoms with van der Waals surface area (Å²) in [5, 5.41) is 11.9. The molecule has 1 aromatic carbocycles. The fraction of sp³-hybridized carbons (Fsp3) is 0.500. The van der Waals surface area contributed by atoms with Gasteiger partial charge < -0.3 is 10.4 Å². The molecule has 0 radical (unpaired) electrons. The van der Waals surface area contributed by atoms with Crippen molar-refractivity contribution in [2.24, 2.45) is 5.92 Å². The Balaban J connectivity index is 2.22. The molecule has 21 heavy (non-hydrogen) atoms. The zero-order valence-corrected chi connectivity index (χ0v) is 13.0. The summed E-state index contributed by atoms with van der Waals surface area (Å²) in [6, 6.07) is 5.70. The van der Waals surface area contributed by atoms with E-state index in [0.717, 1.165) is 11.1 Å². The monoisotopic (exact) mass is 285 g/mol. The molecule has 112 valence electrons. The number of amides is 1. The van der Waals surface area contributed by atoms with Crippen molar-refractivity contribution in [3.05, 3.63) is 34.9 Å². The van der Waals surface area contributed by atoms with Crippen LogP contribution in [0.25, 0.3) is 0 Å². The maximum absolute atomic E-state index is 12.6. The van der Waals surface area contributed by atoms with Gasteiger partial charge in [-0.25, -0.2) is 0 Å². The molecule has 1 aromatic rings. The van der Waals surface area contributed by atoms with Gasteiger partial charge in [0.25, 0.3) is 5.91 Å². The second-order valence-electron chi connectivity index (χ2n) is 6.27. The first-order valence-corrected chi connectivity index (χ1v) is 7.47. The number of aliphatic hydroxyl groups excluding tert-OH is 1. The minimum Gasteiger partial charge on any atom is -0.395 e. The van der Waals surface area contributed by atoms with Gasteiger partial charge in [-0.2, -0.15) is 0 Å². The summed E-state index contributed by atoms with van der Waals surface area (Å²) in [6.45, 7) is 6.16. The minimum atomic E-state index is -0.170. The molecular weight excluding hydrogens is 262 g/mol. The Morgan fingerprint density at radius 1 is 1.43 bits per heavy atom. The number of hydrogen-bond donors (Lipinski definition) is 2. The molecule has 2 N–H and O–H groups in total. The third-order valence-corrected chi connectivity index (χ3v) is 3.91. The summed E-state index contributed by atoms with van der Waals surface area (Å²) >= 11 is 0. The number of hydrogen-bond acceptors (Lipinski definition) is 2. The Kier molecular flexibility index (Phi) is 4.69. The van der Waals surface area contributed by atoms with E-state index in [-0.39, 0.29) is 18.1 Å². The van der Waals surface area contributed by atoms with Crippen molar-refractivity contribution in [3.8, 4) is 11.8 Å². The maximum Gasteiger partial charge on any atom is 0.252 e. The largest absolute Gasteiger partial charge is 0.395 e. The van der Waals surface area contributed by atoms with E-state index in [1.807, 2.05) is 25.1 Å². The quantitative estimate of drug-likeness (QED) is 0.836. The lowest BCUT2D eigenvalue weighted by molar-refractivity contribution is 0.0903. The van der Waals surface area contributed by atoms with Gasteiger partial charge in [-0.15, -0.1) is 0 Å². The van der Waals surface area contributed by atoms with Crippen molar-refractivity contribution in [1.29, 1.82) is 0 Å². The van der Waals surface area contributed by atoms with Crippen LogP contribution in [0.2, 0.25) is 0 Å². The molecule has 0 spiro atoms. The lowest BCUT2D eigenvalue weighted by atomic mass is 9.96. The first-order chi connectivity index (χ1) is 9.94. The van der Waals surface area contributed by atoms with Gasteiger partial charge in [0.1, 0.15) is 0 Å². The summed E-state index contributed by atoms with van der Waals surface area (Å²) in [5.74, 6) is 6.38. The zero-order chi connectivity index (χ0) is 15.5. The lowest BCUT2D eigenvalue weighted by Gasteiger charge is -2.26. The number of carbonyl (C=O) groups is 1. The van der Waals surface area contributed by atoms with E-state index in [1.165, 1.54) is 12.8 Å². The van der Waals surface area contributed by atoms with E-state index in [9.17, 15) is 4.79 Å². The zero-order valence-electron chi connectivity index (χ0n) is 13.0. The molecule has 0 aromatic heterocycles. The Labute approximate surface area is 126 Å². The predicted molar refractivity (Wildman–Crippen MR) is 84.0 cm³/mol. The molecule has 0 unspecified atom stereocenters. The Bertz CT molecular complexity index is 589. The molecule has 3 heteroatoms. The van der Waals surface area contributed by atoms with Gasteiger partial charge in [0, 0.05) is 17.5 Å². The highest BCUT2D eigenvalue weighted by atomic mass is 16.2. The van der Waals surface area contributed by atoms with Gasteiger partial charge in [-0.3, -0.25) is 4.79 Å². The van der Waals surface area contributed by atoms with Crippen LogP contribution in [0.15, 0.2) is 18.2 Å². The minimum absolute atomic E-state index is 0.0368. The van der Waals surface area contributed by atoms with Gasteiger partial charge in [-0.05, 0) is 51.7 Å². The van der Waals surface area contributed by atoms with E-state index in [2.05, 4.69) is 31.0 Å². The van der Waals surface area contributed by atoms with Crippen molar-refractivity contribution < 1.29 is 9.90 Å². The van der Waals surface area contributed by atoms with E-state index in [1.54, 1.807) is 0 Å². The molecular formula is C18H23NO2. The van der Waals surface area contributed by atoms with Gasteiger partial charge in [0.05, 0.1) is 12.2 Å². The fourth-order valence-corrected chi connectivity index (χ4v) is 2.44. The normalized spacial score (nSPS) is 14.3. The van der Waals surface area contributed by atoms with Crippen LogP contribution in [0.1, 0.15) is 54.6 Å². The second kappa shape index (κ2) is 6.32. The standard InChI is InChI=1S/C18H23NO2/c1-13-7-8-14(6-4-5-11-20)16(12-13)17(21)19-18(2,3)15-9-10-15/h7-8,12,15,20H,5,9-11H2,1-3H3,(H,19,21). The summed E-state index contributed by atoms with van der Waals surface area (Å²) in [6.07, 6.45) is 2.79. The fourth-order valence-electron chi connectivity index (χ4n) is 2.44. The number of nitrogens with one attached hydrogen (secondary N) is 1. The highest BCUT2D eigenvalue weighted by Crippen LogP contribution is 2.39. The van der Waals surface area contributed by atoms with Crippen molar-refractivity contribution >= 4 is 5.91 Å². The van der Waals surface area contributed by atoms with E-state index >= 15 is 0 Å². The number of carbonyl (C=O) groups excluding carboxylic acids is 1. The molecule has 1 fully saturated rings. The van der Waals surface area contributed by atoms with Crippen molar-refractivity contribution in [2.45, 2.75) is 45.6 Å². The van der Waals surface area contributed by atoms with Crippen molar-refractivity contribution in [1.82, 2.24) is 5.32 Å². The van der Waals surface area contributed by atoms with E-state index in [4.69, 9.17) is 5.11 Å². The van der Waals surface area contributed by atoms with Gasteiger partial charge in [0.2, 0.25) is 0 Å². The Hall–Kier alpha value is -1.79. The van der Waals surface area contributed by atoms with Crippen LogP contribution in [-0.4, -0.2) is 23.2 Å². The van der Waals surface area contributed by atoms with E-state index in [0.29, 0.717) is 17.9 Å². The van der Waals surface area contributed by atoms with E-state index < -0.39 is 0 Å². The van der Waals surface area contributed by atoms with Crippen LogP contribution in [0.3, 0.4) is 0 Å². The van der Waals surface area contributed by atoms with Crippen LogP contribution in [0, 0.1) is 24.7 Å². The molecule has 3 nitrogen and oxygen atoms in total. The first-order valence-electron chi connectivity index (χ1n) is 7.47. The van der Waals surface area contributed by atoms with Gasteiger partial charge >= 0.3 is 0 Å². The molecule has 0 aliphatic heterocycles. The van der Waals surface area contributed by atoms with Crippen LogP contribution >= 0.6 is 0 Å². The number of rotatable bonds is 4. The topological polar surface area (TPSA) is 49.3 Å². The molecule has 1 amide bonds. The smallest absolute Gasteiger partial charge is 0.252 e. The van der Waals surface area contributed by atoms with Gasteiger partial charge in [-0.1, -0.05) is 23.5 Å². The van der Waals surface area contributed by atoms with Gasteiger partial charge in [0.15, 0.2) is 0 Å². The Morgan fingerprint density at radius 2 is 2.14 bits per heavy atom. The number of aliphatic hydroxyl groups is 1. The van der Waals surface area contributed by atoms with Crippen molar-refractivity contribution in [2.75, 3.05) is 6.61 Å². The van der Waals surface area contributed by atoms with Crippen LogP contribution in [0.5, 0.6) is 0 Å². The summed E-state index contributed by atoms with van der Waals surface area (Å²) in [4.78, 5) is 12.6. The third kappa shape index (κ3) is 4.09. The SMILES string of the molecule is Cc1ccc(C#CCCO)c(C(=O)NC(C)(C)C2CC2)c1. The average molecular weight is 285 g/mol. The highest BCUT2D eigenvalue weighted by molar-refractivity contribution is 5.97. The average Bonchev–Trinajstić information content (AvgIpc) is 3.25. The van der Waals surface area contributed by atoms with Crippen molar-refractivity contribution in [3.63, 3.8) is 0 Å². The lowest BCUT2D eigenvalue weighted by Crippen LogP contribution is -2.45. The molecule has 1 saturated carbocycles. The maximum atomic E-state index is 12.6. The van der Waals surface area contributed by atoms with Crippen LogP contribution < -0.4 is 5.32 Å². The summed E-state index contributed by atoms with van der Waals surface area (Å²) in [5.41, 5.74) is 2.21. The molecule has 0 saturated heterocycles. The van der Waals surface area contributed by atoms with Crippen LogP contribution in [0.4, 0.5) is 0 Å². The predicted octanol–water partition coefficient (Wildman–Crippen LogP) is 2.65. The Morgan fingerprint density at radius 3 is 2.76 bits per heavy atom. The molecule has 0 bridgehead atoms. The first kappa shape index (κ1) is 15.6. The molecule has 2 rings (SSSR count). The van der Waals surface area contributed by atoms with Crippen LogP contribution in [-0.2, 0) is 0 Å². The third-order valence-electron chi connectivity index (χ3n) is 3.91.